The third-order valence-corrected chi connectivity index (χ3v) is 5.81. The lowest BCUT2D eigenvalue weighted by Crippen LogP contribution is -2.61. The summed E-state index contributed by atoms with van der Waals surface area (Å²) in [5.41, 5.74) is -1.64. The number of urea groups is 1. The average Bonchev–Trinajstić information content (AvgIpc) is 2.78. The molecule has 2 heterocycles. The molecule has 11 heteroatoms. The molecule has 0 radical (unpaired) electrons. The van der Waals surface area contributed by atoms with Crippen LogP contribution in [0.15, 0.2) is 18.2 Å². The Morgan fingerprint density at radius 3 is 2.41 bits per heavy atom. The molecular weight excluding hydrogens is 425 g/mol. The van der Waals surface area contributed by atoms with Gasteiger partial charge >= 0.3 is 12.2 Å². The minimum atomic E-state index is -4.70. The summed E-state index contributed by atoms with van der Waals surface area (Å²) in [6, 6.07) is 4.09. The van der Waals surface area contributed by atoms with Crippen molar-refractivity contribution in [1.82, 2.24) is 20.0 Å². The number of nitriles is 1. The lowest BCUT2D eigenvalue weighted by molar-refractivity contribution is -0.138. The SMILES string of the molecule is CC(C)N1CCN[C@@H](C(=O)N2CCN(C(=O)Nc3ccc(C#N)c(C(F)(F)F)c3)CC2)C1. The van der Waals surface area contributed by atoms with E-state index in [1.165, 1.54) is 17.0 Å². The fourth-order valence-electron chi connectivity index (χ4n) is 3.91. The maximum absolute atomic E-state index is 13.1. The van der Waals surface area contributed by atoms with Crippen LogP contribution in [0.25, 0.3) is 0 Å². The zero-order valence-electron chi connectivity index (χ0n) is 18.1. The number of hydrogen-bond donors (Lipinski definition) is 2. The van der Waals surface area contributed by atoms with E-state index in [0.717, 1.165) is 25.2 Å². The molecule has 1 aromatic rings. The van der Waals surface area contributed by atoms with Crippen LogP contribution in [0.2, 0.25) is 0 Å². The van der Waals surface area contributed by atoms with Crippen molar-refractivity contribution in [2.45, 2.75) is 32.1 Å². The van der Waals surface area contributed by atoms with E-state index in [0.29, 0.717) is 25.7 Å². The average molecular weight is 452 g/mol. The molecule has 0 aliphatic carbocycles. The summed E-state index contributed by atoms with van der Waals surface area (Å²) >= 11 is 0. The molecule has 2 aliphatic heterocycles. The Labute approximate surface area is 184 Å². The summed E-state index contributed by atoms with van der Waals surface area (Å²) in [5, 5.41) is 14.6. The summed E-state index contributed by atoms with van der Waals surface area (Å²) in [6.45, 7) is 7.72. The van der Waals surface area contributed by atoms with Crippen LogP contribution in [0.4, 0.5) is 23.7 Å². The molecule has 32 heavy (non-hydrogen) atoms. The quantitative estimate of drug-likeness (QED) is 0.732. The topological polar surface area (TPSA) is 91.7 Å². The lowest BCUT2D eigenvalue weighted by atomic mass is 10.1. The van der Waals surface area contributed by atoms with E-state index >= 15 is 0 Å². The van der Waals surface area contributed by atoms with Crippen molar-refractivity contribution in [3.8, 4) is 6.07 Å². The minimum Gasteiger partial charge on any atom is -0.338 e. The highest BCUT2D eigenvalue weighted by molar-refractivity contribution is 5.90. The highest BCUT2D eigenvalue weighted by Crippen LogP contribution is 2.33. The molecule has 3 rings (SSSR count). The number of alkyl halides is 3. The summed E-state index contributed by atoms with van der Waals surface area (Å²) in [5.74, 6) is -0.00248. The number of nitrogens with one attached hydrogen (secondary N) is 2. The largest absolute Gasteiger partial charge is 0.417 e. The number of amides is 3. The molecule has 0 saturated carbocycles. The molecule has 0 bridgehead atoms. The number of halogens is 3. The van der Waals surface area contributed by atoms with Gasteiger partial charge in [0.2, 0.25) is 5.91 Å². The standard InChI is InChI=1S/C21H27F3N6O2/c1-14(2)30-6-5-26-18(13-30)19(31)28-7-9-29(10-8-28)20(32)27-16-4-3-15(12-25)17(11-16)21(22,23)24/h3-4,11,14,18,26H,5-10,13H2,1-2H3,(H,27,32)/t18-/m1/s1. The predicted octanol–water partition coefficient (Wildman–Crippen LogP) is 1.94. The van der Waals surface area contributed by atoms with Crippen molar-refractivity contribution >= 4 is 17.6 Å². The fraction of sp³-hybridized carbons (Fsp3) is 0.571. The monoisotopic (exact) mass is 452 g/mol. The molecule has 1 aromatic carbocycles. The predicted molar refractivity (Wildman–Crippen MR) is 112 cm³/mol. The van der Waals surface area contributed by atoms with Crippen LogP contribution in [0.3, 0.4) is 0 Å². The normalized spacial score (nSPS) is 20.2. The van der Waals surface area contributed by atoms with Crippen LogP contribution in [-0.4, -0.2) is 84.5 Å². The molecule has 0 aromatic heterocycles. The zero-order chi connectivity index (χ0) is 23.5. The van der Waals surface area contributed by atoms with Crippen LogP contribution < -0.4 is 10.6 Å². The number of hydrogen-bond acceptors (Lipinski definition) is 5. The first-order valence-corrected chi connectivity index (χ1v) is 10.5. The third-order valence-electron chi connectivity index (χ3n) is 5.81. The maximum Gasteiger partial charge on any atom is 0.417 e. The fourth-order valence-corrected chi connectivity index (χ4v) is 3.91. The number of anilines is 1. The highest BCUT2D eigenvalue weighted by atomic mass is 19.4. The first kappa shape index (κ1) is 23.8. The van der Waals surface area contributed by atoms with Crippen LogP contribution in [0.1, 0.15) is 25.0 Å². The second-order valence-corrected chi connectivity index (χ2v) is 8.21. The molecule has 2 fully saturated rings. The minimum absolute atomic E-state index is 0.00248. The second kappa shape index (κ2) is 9.75. The van der Waals surface area contributed by atoms with E-state index < -0.39 is 23.3 Å². The molecular formula is C21H27F3N6O2. The van der Waals surface area contributed by atoms with Gasteiger partial charge in [-0.15, -0.1) is 0 Å². The molecule has 0 spiro atoms. The number of nitrogens with zero attached hydrogens (tertiary/aromatic N) is 4. The molecule has 2 N–H and O–H groups in total. The van der Waals surface area contributed by atoms with E-state index in [1.807, 2.05) is 0 Å². The number of benzene rings is 1. The molecule has 0 unspecified atom stereocenters. The molecule has 174 valence electrons. The first-order valence-electron chi connectivity index (χ1n) is 10.5. The second-order valence-electron chi connectivity index (χ2n) is 8.21. The molecule has 1 atom stereocenters. The van der Waals surface area contributed by atoms with Gasteiger partial charge in [0.15, 0.2) is 0 Å². The number of carbonyl (C=O) groups is 2. The highest BCUT2D eigenvalue weighted by Gasteiger charge is 2.35. The first-order chi connectivity index (χ1) is 15.1. The summed E-state index contributed by atoms with van der Waals surface area (Å²) in [7, 11) is 0. The van der Waals surface area contributed by atoms with Crippen LogP contribution in [-0.2, 0) is 11.0 Å². The molecule has 3 amide bonds. The Morgan fingerprint density at radius 2 is 1.81 bits per heavy atom. The van der Waals surface area contributed by atoms with E-state index in [4.69, 9.17) is 5.26 Å². The molecule has 8 nitrogen and oxygen atoms in total. The van der Waals surface area contributed by atoms with Gasteiger partial charge in [-0.2, -0.15) is 18.4 Å². The Kier molecular flexibility index (Phi) is 7.26. The van der Waals surface area contributed by atoms with Crippen molar-refractivity contribution in [3.63, 3.8) is 0 Å². The summed E-state index contributed by atoms with van der Waals surface area (Å²) in [4.78, 5) is 30.8. The van der Waals surface area contributed by atoms with Crippen LogP contribution in [0, 0.1) is 11.3 Å². The van der Waals surface area contributed by atoms with Gasteiger partial charge in [0.25, 0.3) is 0 Å². The molecule has 2 saturated heterocycles. The Hall–Kier alpha value is -2.84. The van der Waals surface area contributed by atoms with Crippen LogP contribution >= 0.6 is 0 Å². The van der Waals surface area contributed by atoms with E-state index in [-0.39, 0.29) is 30.7 Å². The van der Waals surface area contributed by atoms with Crippen molar-refractivity contribution in [2.75, 3.05) is 51.1 Å². The smallest absolute Gasteiger partial charge is 0.338 e. The van der Waals surface area contributed by atoms with Gasteiger partial charge in [0, 0.05) is 57.5 Å². The van der Waals surface area contributed by atoms with Crippen molar-refractivity contribution in [3.05, 3.63) is 29.3 Å². The third kappa shape index (κ3) is 5.49. The Balaban J connectivity index is 1.56. The Morgan fingerprint density at radius 1 is 1.16 bits per heavy atom. The van der Waals surface area contributed by atoms with Gasteiger partial charge < -0.3 is 20.4 Å². The van der Waals surface area contributed by atoms with Crippen LogP contribution in [0.5, 0.6) is 0 Å². The van der Waals surface area contributed by atoms with Crippen molar-refractivity contribution in [1.29, 1.82) is 5.26 Å². The van der Waals surface area contributed by atoms with Gasteiger partial charge in [-0.3, -0.25) is 9.69 Å². The Bertz CT molecular complexity index is 891. The summed E-state index contributed by atoms with van der Waals surface area (Å²) < 4.78 is 39.4. The van der Waals surface area contributed by atoms with Gasteiger partial charge in [-0.25, -0.2) is 4.79 Å². The molecule has 2 aliphatic rings. The maximum atomic E-state index is 13.1. The van der Waals surface area contributed by atoms with Crippen molar-refractivity contribution in [2.24, 2.45) is 0 Å². The van der Waals surface area contributed by atoms with E-state index in [1.54, 1.807) is 4.90 Å². The van der Waals surface area contributed by atoms with Gasteiger partial charge in [0.1, 0.15) is 0 Å². The van der Waals surface area contributed by atoms with Gasteiger partial charge in [0.05, 0.1) is 23.2 Å². The lowest BCUT2D eigenvalue weighted by Gasteiger charge is -2.40. The van der Waals surface area contributed by atoms with E-state index in [2.05, 4.69) is 29.4 Å². The number of rotatable bonds is 3. The zero-order valence-corrected chi connectivity index (χ0v) is 18.1. The number of carbonyl (C=O) groups excluding carboxylic acids is 2. The van der Waals surface area contributed by atoms with Gasteiger partial charge in [-0.1, -0.05) is 0 Å². The van der Waals surface area contributed by atoms with Crippen molar-refractivity contribution < 1.29 is 22.8 Å². The van der Waals surface area contributed by atoms with Gasteiger partial charge in [-0.05, 0) is 32.0 Å². The summed E-state index contributed by atoms with van der Waals surface area (Å²) in [6.07, 6.45) is -4.70. The van der Waals surface area contributed by atoms with E-state index in [9.17, 15) is 22.8 Å². The number of piperazine rings is 2.